The van der Waals surface area contributed by atoms with Gasteiger partial charge in [0.1, 0.15) is 5.69 Å². The number of benzene rings is 1. The molecule has 21 heavy (non-hydrogen) atoms. The van der Waals surface area contributed by atoms with Gasteiger partial charge in [0.2, 0.25) is 5.78 Å². The lowest BCUT2D eigenvalue weighted by atomic mass is 10.2. The van der Waals surface area contributed by atoms with Crippen LogP contribution in [0.15, 0.2) is 48.7 Å². The summed E-state index contributed by atoms with van der Waals surface area (Å²) in [6.07, 6.45) is 5.13. The van der Waals surface area contributed by atoms with E-state index in [0.29, 0.717) is 5.69 Å². The minimum absolute atomic E-state index is 0.0655. The van der Waals surface area contributed by atoms with Crippen LogP contribution in [0, 0.1) is 0 Å². The van der Waals surface area contributed by atoms with Gasteiger partial charge in [-0.15, -0.1) is 11.3 Å². The van der Waals surface area contributed by atoms with Crippen molar-refractivity contribution in [3.63, 3.8) is 0 Å². The molecule has 0 aliphatic heterocycles. The summed E-state index contributed by atoms with van der Waals surface area (Å²) in [6, 6.07) is 13.6. The van der Waals surface area contributed by atoms with Crippen molar-refractivity contribution in [3.8, 4) is 5.69 Å². The fraction of sp³-hybridized carbons (Fsp3) is 0.176. The quantitative estimate of drug-likeness (QED) is 0.691. The molecule has 0 saturated heterocycles. The smallest absolute Gasteiger partial charge is 0.221 e. The maximum absolute atomic E-state index is 12.8. The molecule has 1 aliphatic rings. The number of fused-ring (bicyclic) bond motifs is 1. The van der Waals surface area contributed by atoms with Crippen molar-refractivity contribution < 1.29 is 4.79 Å². The molecule has 1 aromatic carbocycles. The third kappa shape index (κ3) is 2.12. The summed E-state index contributed by atoms with van der Waals surface area (Å²) < 4.78 is 1.72. The Labute approximate surface area is 126 Å². The Morgan fingerprint density at radius 2 is 2.00 bits per heavy atom. The van der Waals surface area contributed by atoms with E-state index in [4.69, 9.17) is 0 Å². The van der Waals surface area contributed by atoms with Crippen LogP contribution in [0.1, 0.15) is 32.2 Å². The Bertz CT molecular complexity index is 780. The summed E-state index contributed by atoms with van der Waals surface area (Å²) in [4.78, 5) is 15.0. The van der Waals surface area contributed by atoms with Gasteiger partial charge in [-0.1, -0.05) is 18.2 Å². The van der Waals surface area contributed by atoms with E-state index in [2.05, 4.69) is 11.2 Å². The largest absolute Gasteiger partial charge is 0.286 e. The summed E-state index contributed by atoms with van der Waals surface area (Å²) in [6.45, 7) is 0. The summed E-state index contributed by atoms with van der Waals surface area (Å²) in [5, 5.41) is 4.30. The highest BCUT2D eigenvalue weighted by Gasteiger charge is 2.21. The van der Waals surface area contributed by atoms with Crippen LogP contribution in [-0.2, 0) is 12.8 Å². The predicted octanol–water partition coefficient (Wildman–Crippen LogP) is 3.65. The number of rotatable bonds is 3. The zero-order valence-corrected chi connectivity index (χ0v) is 12.3. The Kier molecular flexibility index (Phi) is 2.97. The lowest BCUT2D eigenvalue weighted by Gasteiger charge is -2.05. The molecule has 4 heteroatoms. The zero-order valence-electron chi connectivity index (χ0n) is 11.5. The van der Waals surface area contributed by atoms with E-state index in [1.807, 2.05) is 30.3 Å². The average molecular weight is 294 g/mol. The Balaban J connectivity index is 1.73. The zero-order chi connectivity index (χ0) is 14.2. The van der Waals surface area contributed by atoms with Gasteiger partial charge in [0.05, 0.1) is 16.8 Å². The van der Waals surface area contributed by atoms with Crippen molar-refractivity contribution in [2.45, 2.75) is 19.3 Å². The highest BCUT2D eigenvalue weighted by molar-refractivity contribution is 7.14. The van der Waals surface area contributed by atoms with Gasteiger partial charge in [0.25, 0.3) is 0 Å². The molecule has 0 bridgehead atoms. The summed E-state index contributed by atoms with van der Waals surface area (Å²) in [7, 11) is 0. The van der Waals surface area contributed by atoms with E-state index in [1.165, 1.54) is 16.9 Å². The number of para-hydroxylation sites is 1. The lowest BCUT2D eigenvalue weighted by molar-refractivity contribution is 0.103. The van der Waals surface area contributed by atoms with Crippen molar-refractivity contribution >= 4 is 17.1 Å². The molecule has 0 atom stereocenters. The number of nitrogens with zero attached hydrogens (tertiary/aromatic N) is 2. The van der Waals surface area contributed by atoms with Crippen LogP contribution >= 0.6 is 11.3 Å². The first-order chi connectivity index (χ1) is 10.3. The highest BCUT2D eigenvalue weighted by Crippen LogP contribution is 2.32. The van der Waals surface area contributed by atoms with Gasteiger partial charge < -0.3 is 0 Å². The molecule has 0 unspecified atom stereocenters. The van der Waals surface area contributed by atoms with Gasteiger partial charge in [-0.05, 0) is 49.1 Å². The fourth-order valence-corrected chi connectivity index (χ4v) is 4.02. The molecule has 0 fully saturated rings. The van der Waals surface area contributed by atoms with Crippen LogP contribution in [0.2, 0.25) is 0 Å². The highest BCUT2D eigenvalue weighted by atomic mass is 32.1. The van der Waals surface area contributed by atoms with Gasteiger partial charge in [-0.25, -0.2) is 4.68 Å². The standard InChI is InChI=1S/C17H14N2OS/c20-17(16-11-12-5-4-8-15(12)21-16)14-9-10-18-19(14)13-6-2-1-3-7-13/h1-3,6-7,9-11H,4-5,8H2. The summed E-state index contributed by atoms with van der Waals surface area (Å²) in [5.74, 6) is 0.0655. The molecule has 104 valence electrons. The predicted molar refractivity (Wildman–Crippen MR) is 83.3 cm³/mol. The number of thiophene rings is 1. The summed E-state index contributed by atoms with van der Waals surface area (Å²) in [5.41, 5.74) is 2.89. The molecule has 2 heterocycles. The van der Waals surface area contributed by atoms with E-state index in [1.54, 1.807) is 28.3 Å². The Morgan fingerprint density at radius 3 is 2.81 bits per heavy atom. The minimum atomic E-state index is 0.0655. The van der Waals surface area contributed by atoms with Crippen LogP contribution in [0.25, 0.3) is 5.69 Å². The topological polar surface area (TPSA) is 34.9 Å². The molecule has 2 aromatic heterocycles. The van der Waals surface area contributed by atoms with E-state index < -0.39 is 0 Å². The van der Waals surface area contributed by atoms with E-state index >= 15 is 0 Å². The normalized spacial score (nSPS) is 13.3. The summed E-state index contributed by atoms with van der Waals surface area (Å²) >= 11 is 1.64. The van der Waals surface area contributed by atoms with Gasteiger partial charge in [0, 0.05) is 4.88 Å². The van der Waals surface area contributed by atoms with Crippen molar-refractivity contribution in [1.82, 2.24) is 9.78 Å². The number of ketones is 1. The van der Waals surface area contributed by atoms with E-state index in [-0.39, 0.29) is 5.78 Å². The van der Waals surface area contributed by atoms with E-state index in [9.17, 15) is 4.79 Å². The second-order valence-electron chi connectivity index (χ2n) is 5.21. The van der Waals surface area contributed by atoms with Gasteiger partial charge in [-0.2, -0.15) is 5.10 Å². The molecule has 3 nitrogen and oxygen atoms in total. The molecule has 1 aliphatic carbocycles. The lowest BCUT2D eigenvalue weighted by Crippen LogP contribution is -2.08. The molecule has 4 rings (SSSR count). The van der Waals surface area contributed by atoms with Crippen LogP contribution in [-0.4, -0.2) is 15.6 Å². The number of carbonyl (C=O) groups is 1. The number of hydrogen-bond donors (Lipinski definition) is 0. The molecule has 0 saturated carbocycles. The first kappa shape index (κ1) is 12.5. The van der Waals surface area contributed by atoms with Crippen molar-refractivity contribution in [2.75, 3.05) is 0 Å². The second-order valence-corrected chi connectivity index (χ2v) is 6.34. The number of aryl methyl sites for hydroxylation is 2. The third-order valence-electron chi connectivity index (χ3n) is 3.85. The van der Waals surface area contributed by atoms with Crippen LogP contribution in [0.3, 0.4) is 0 Å². The number of carbonyl (C=O) groups excluding carboxylic acids is 1. The maximum Gasteiger partial charge on any atom is 0.221 e. The van der Waals surface area contributed by atoms with Crippen molar-refractivity contribution in [1.29, 1.82) is 0 Å². The molecule has 0 amide bonds. The van der Waals surface area contributed by atoms with Crippen molar-refractivity contribution in [3.05, 3.63) is 69.7 Å². The molecule has 0 radical (unpaired) electrons. The van der Waals surface area contributed by atoms with E-state index in [0.717, 1.165) is 23.4 Å². The van der Waals surface area contributed by atoms with Crippen molar-refractivity contribution in [2.24, 2.45) is 0 Å². The molecule has 0 spiro atoms. The van der Waals surface area contributed by atoms with Crippen LogP contribution in [0.5, 0.6) is 0 Å². The number of hydrogen-bond acceptors (Lipinski definition) is 3. The second kappa shape index (κ2) is 4.97. The SMILES string of the molecule is O=C(c1cc2c(s1)CCC2)c1ccnn1-c1ccccc1. The minimum Gasteiger partial charge on any atom is -0.286 e. The molecular weight excluding hydrogens is 280 g/mol. The molecular formula is C17H14N2OS. The Hall–Kier alpha value is -2.20. The van der Waals surface area contributed by atoms with Gasteiger partial charge in [0.15, 0.2) is 0 Å². The number of aromatic nitrogens is 2. The first-order valence-corrected chi connectivity index (χ1v) is 7.90. The molecule has 3 aromatic rings. The van der Waals surface area contributed by atoms with Crippen LogP contribution < -0.4 is 0 Å². The van der Waals surface area contributed by atoms with Gasteiger partial charge in [-0.3, -0.25) is 4.79 Å². The Morgan fingerprint density at radius 1 is 1.14 bits per heavy atom. The third-order valence-corrected chi connectivity index (χ3v) is 5.08. The average Bonchev–Trinajstić information content (AvgIpc) is 3.22. The maximum atomic E-state index is 12.8. The van der Waals surface area contributed by atoms with Gasteiger partial charge >= 0.3 is 0 Å². The van der Waals surface area contributed by atoms with Crippen LogP contribution in [0.4, 0.5) is 0 Å². The molecule has 0 N–H and O–H groups in total. The fourth-order valence-electron chi connectivity index (χ4n) is 2.82. The first-order valence-electron chi connectivity index (χ1n) is 7.08. The monoisotopic (exact) mass is 294 g/mol.